The lowest BCUT2D eigenvalue weighted by atomic mass is 10.1. The molecule has 0 amide bonds. The minimum atomic E-state index is 0.942. The molecule has 82 valence electrons. The van der Waals surface area contributed by atoms with Gasteiger partial charge >= 0.3 is 0 Å². The lowest BCUT2D eigenvalue weighted by Gasteiger charge is -2.04. The van der Waals surface area contributed by atoms with E-state index in [-0.39, 0.29) is 0 Å². The Morgan fingerprint density at radius 2 is 1.31 bits per heavy atom. The third kappa shape index (κ3) is 3.44. The summed E-state index contributed by atoms with van der Waals surface area (Å²) in [5.74, 6) is 0. The van der Waals surface area contributed by atoms with Crippen LogP contribution in [0.15, 0.2) is 55.9 Å². The number of hydrogen-bond acceptors (Lipinski definition) is 0. The van der Waals surface area contributed by atoms with E-state index in [4.69, 9.17) is 0 Å². The molecule has 2 rings (SSSR count). The van der Waals surface area contributed by atoms with Gasteiger partial charge in [0.05, 0.1) is 0 Å². The summed E-state index contributed by atoms with van der Waals surface area (Å²) in [5, 5.41) is 0. The summed E-state index contributed by atoms with van der Waals surface area (Å²) >= 11 is 10.5. The molecule has 0 aliphatic heterocycles. The molecule has 0 aliphatic rings. The molecule has 2 aromatic rings. The molecule has 0 spiro atoms. The van der Waals surface area contributed by atoms with E-state index < -0.39 is 0 Å². The highest BCUT2D eigenvalue weighted by Crippen LogP contribution is 2.22. The van der Waals surface area contributed by atoms with Crippen LogP contribution in [0.1, 0.15) is 11.1 Å². The quantitative estimate of drug-likeness (QED) is 0.614. The molecule has 0 nitrogen and oxygen atoms in total. The summed E-state index contributed by atoms with van der Waals surface area (Å²) in [6.45, 7) is 0. The average molecular weight is 405 g/mol. The zero-order valence-corrected chi connectivity index (χ0v) is 13.1. The van der Waals surface area contributed by atoms with Crippen molar-refractivity contribution >= 4 is 47.8 Å². The third-order valence-corrected chi connectivity index (χ3v) is 3.63. The molecule has 0 saturated carbocycles. The fourth-order valence-corrected chi connectivity index (χ4v) is 3.43. The Labute approximate surface area is 120 Å². The van der Waals surface area contributed by atoms with Crippen molar-refractivity contribution in [2.75, 3.05) is 0 Å². The fraction of sp³-hybridized carbons (Fsp3) is 0.0769. The maximum absolute atomic E-state index is 3.50. The fourth-order valence-electron chi connectivity index (χ4n) is 1.60. The van der Waals surface area contributed by atoms with Crippen LogP contribution in [0.4, 0.5) is 0 Å². The smallest absolute Gasteiger partial charge is 0.0189 e. The lowest BCUT2D eigenvalue weighted by Crippen LogP contribution is -1.88. The summed E-state index contributed by atoms with van der Waals surface area (Å²) < 4.78 is 3.33. The predicted octanol–water partition coefficient (Wildman–Crippen LogP) is 5.56. The van der Waals surface area contributed by atoms with E-state index in [1.807, 2.05) is 12.1 Å². The minimum Gasteiger partial charge on any atom is -0.0609 e. The molecule has 0 fully saturated rings. The van der Waals surface area contributed by atoms with Crippen LogP contribution in [0.5, 0.6) is 0 Å². The molecular formula is C13H9Br3. The van der Waals surface area contributed by atoms with Gasteiger partial charge in [-0.2, -0.15) is 0 Å². The van der Waals surface area contributed by atoms with E-state index in [2.05, 4.69) is 78.1 Å². The highest BCUT2D eigenvalue weighted by Gasteiger charge is 2.00. The SMILES string of the molecule is Brc1cccc(Cc2cc(Br)cc(Br)c2)c1. The predicted molar refractivity (Wildman–Crippen MR) is 78.8 cm³/mol. The maximum Gasteiger partial charge on any atom is 0.0189 e. The Bertz CT molecular complexity index is 486. The number of halogens is 3. The van der Waals surface area contributed by atoms with Crippen molar-refractivity contribution in [2.24, 2.45) is 0 Å². The van der Waals surface area contributed by atoms with Crippen LogP contribution in [-0.2, 0) is 6.42 Å². The molecule has 3 heteroatoms. The third-order valence-electron chi connectivity index (χ3n) is 2.22. The molecular weight excluding hydrogens is 396 g/mol. The Morgan fingerprint density at radius 3 is 1.94 bits per heavy atom. The Hall–Kier alpha value is -0.120. The van der Waals surface area contributed by atoms with Gasteiger partial charge in [-0.05, 0) is 47.9 Å². The standard InChI is InChI=1S/C13H9Br3/c14-11-3-1-2-9(5-11)4-10-6-12(15)8-13(16)7-10/h1-3,5-8H,4H2. The number of rotatable bonds is 2. The maximum atomic E-state index is 3.50. The molecule has 0 radical (unpaired) electrons. The van der Waals surface area contributed by atoms with Crippen LogP contribution in [0.25, 0.3) is 0 Å². The van der Waals surface area contributed by atoms with Gasteiger partial charge in [0.25, 0.3) is 0 Å². The summed E-state index contributed by atoms with van der Waals surface area (Å²) in [6.07, 6.45) is 0.942. The molecule has 0 aromatic heterocycles. The largest absolute Gasteiger partial charge is 0.0609 e. The number of hydrogen-bond donors (Lipinski definition) is 0. The molecule has 0 N–H and O–H groups in total. The van der Waals surface area contributed by atoms with Crippen LogP contribution in [0.2, 0.25) is 0 Å². The van der Waals surface area contributed by atoms with Crippen LogP contribution in [0, 0.1) is 0 Å². The van der Waals surface area contributed by atoms with Crippen molar-refractivity contribution in [1.29, 1.82) is 0 Å². The highest BCUT2D eigenvalue weighted by molar-refractivity contribution is 9.11. The Balaban J connectivity index is 2.27. The molecule has 0 atom stereocenters. The minimum absolute atomic E-state index is 0.942. The van der Waals surface area contributed by atoms with E-state index in [0.717, 1.165) is 19.8 Å². The van der Waals surface area contributed by atoms with Gasteiger partial charge in [0.1, 0.15) is 0 Å². The van der Waals surface area contributed by atoms with Crippen molar-refractivity contribution in [3.05, 3.63) is 67.0 Å². The first-order chi connectivity index (χ1) is 7.63. The second-order valence-electron chi connectivity index (χ2n) is 3.58. The second kappa shape index (κ2) is 5.48. The first-order valence-corrected chi connectivity index (χ1v) is 7.21. The van der Waals surface area contributed by atoms with E-state index in [1.54, 1.807) is 0 Å². The zero-order valence-electron chi connectivity index (χ0n) is 8.38. The molecule has 0 saturated heterocycles. The van der Waals surface area contributed by atoms with Gasteiger partial charge in [0, 0.05) is 13.4 Å². The van der Waals surface area contributed by atoms with Crippen molar-refractivity contribution < 1.29 is 0 Å². The van der Waals surface area contributed by atoms with Gasteiger partial charge in [-0.1, -0.05) is 59.9 Å². The Kier molecular flexibility index (Phi) is 4.22. The van der Waals surface area contributed by atoms with Crippen molar-refractivity contribution in [2.45, 2.75) is 6.42 Å². The van der Waals surface area contributed by atoms with Gasteiger partial charge in [-0.3, -0.25) is 0 Å². The molecule has 2 aromatic carbocycles. The van der Waals surface area contributed by atoms with Crippen molar-refractivity contribution in [3.8, 4) is 0 Å². The van der Waals surface area contributed by atoms with Gasteiger partial charge in [0.2, 0.25) is 0 Å². The molecule has 0 unspecified atom stereocenters. The summed E-state index contributed by atoms with van der Waals surface area (Å²) in [6, 6.07) is 14.7. The molecule has 0 aliphatic carbocycles. The van der Waals surface area contributed by atoms with Crippen molar-refractivity contribution in [1.82, 2.24) is 0 Å². The monoisotopic (exact) mass is 402 g/mol. The van der Waals surface area contributed by atoms with E-state index in [1.165, 1.54) is 11.1 Å². The summed E-state index contributed by atoms with van der Waals surface area (Å²) in [5.41, 5.74) is 2.60. The van der Waals surface area contributed by atoms with Crippen LogP contribution < -0.4 is 0 Å². The van der Waals surface area contributed by atoms with Crippen LogP contribution >= 0.6 is 47.8 Å². The number of benzene rings is 2. The molecule has 0 heterocycles. The normalized spacial score (nSPS) is 10.4. The first-order valence-electron chi connectivity index (χ1n) is 4.83. The van der Waals surface area contributed by atoms with Gasteiger partial charge in [0.15, 0.2) is 0 Å². The van der Waals surface area contributed by atoms with Gasteiger partial charge in [-0.15, -0.1) is 0 Å². The van der Waals surface area contributed by atoms with E-state index in [9.17, 15) is 0 Å². The molecule has 16 heavy (non-hydrogen) atoms. The zero-order chi connectivity index (χ0) is 11.5. The van der Waals surface area contributed by atoms with Crippen LogP contribution in [0.3, 0.4) is 0 Å². The Morgan fingerprint density at radius 1 is 0.688 bits per heavy atom. The molecule has 0 bridgehead atoms. The highest BCUT2D eigenvalue weighted by atomic mass is 79.9. The lowest BCUT2D eigenvalue weighted by molar-refractivity contribution is 1.18. The second-order valence-corrected chi connectivity index (χ2v) is 6.33. The van der Waals surface area contributed by atoms with E-state index in [0.29, 0.717) is 0 Å². The van der Waals surface area contributed by atoms with Crippen LogP contribution in [-0.4, -0.2) is 0 Å². The summed E-state index contributed by atoms with van der Waals surface area (Å²) in [7, 11) is 0. The average Bonchev–Trinajstić information content (AvgIpc) is 2.15. The topological polar surface area (TPSA) is 0 Å². The summed E-state index contributed by atoms with van der Waals surface area (Å²) in [4.78, 5) is 0. The van der Waals surface area contributed by atoms with Gasteiger partial charge < -0.3 is 0 Å². The first kappa shape index (κ1) is 12.3. The van der Waals surface area contributed by atoms with Gasteiger partial charge in [-0.25, -0.2) is 0 Å². The van der Waals surface area contributed by atoms with Crippen molar-refractivity contribution in [3.63, 3.8) is 0 Å². The van der Waals surface area contributed by atoms with E-state index >= 15 is 0 Å².